The summed E-state index contributed by atoms with van der Waals surface area (Å²) in [5.41, 5.74) is 4.60. The summed E-state index contributed by atoms with van der Waals surface area (Å²) in [6.07, 6.45) is 11.7. The predicted molar refractivity (Wildman–Crippen MR) is 126 cm³/mol. The van der Waals surface area contributed by atoms with E-state index in [0.717, 1.165) is 18.5 Å². The fourth-order valence-corrected chi connectivity index (χ4v) is 4.24. The van der Waals surface area contributed by atoms with Crippen molar-refractivity contribution < 1.29 is 0 Å². The number of hydrogen-bond donors (Lipinski definition) is 1. The summed E-state index contributed by atoms with van der Waals surface area (Å²) in [7, 11) is 0. The molecule has 4 nitrogen and oxygen atoms in total. The molecule has 2 heterocycles. The van der Waals surface area contributed by atoms with Crippen molar-refractivity contribution in [3.63, 3.8) is 0 Å². The largest absolute Gasteiger partial charge is 0.324 e. The predicted octanol–water partition coefficient (Wildman–Crippen LogP) is 5.35. The van der Waals surface area contributed by atoms with Crippen LogP contribution in [0.25, 0.3) is 0 Å². The highest BCUT2D eigenvalue weighted by molar-refractivity contribution is 5.44. The number of nitrogens with one attached hydrogen (secondary N) is 1. The van der Waals surface area contributed by atoms with E-state index >= 15 is 0 Å². The Balaban J connectivity index is 1.86. The lowest BCUT2D eigenvalue weighted by atomic mass is 9.76. The topological polar surface area (TPSA) is 42.7 Å². The minimum atomic E-state index is -0.412. The molecule has 1 atom stereocenters. The van der Waals surface area contributed by atoms with E-state index in [2.05, 4.69) is 88.5 Å². The minimum absolute atomic E-state index is 0.412. The molecule has 4 aromatic rings. The fourth-order valence-electron chi connectivity index (χ4n) is 4.24. The molecule has 31 heavy (non-hydrogen) atoms. The summed E-state index contributed by atoms with van der Waals surface area (Å²) >= 11 is 0. The standard InChI is InChI=1S/C27H30N4/c1-2-3-11-23-12-7-8-16-26(23)27(24-13-5-4-6-14-24,20-25-15-9-10-17-29-25)30-22-31-19-18-28-21-31/h4-10,12-19,21,30H,2-3,11,20,22H2,1H3. The van der Waals surface area contributed by atoms with Crippen LogP contribution in [0.4, 0.5) is 0 Å². The molecule has 4 heteroatoms. The van der Waals surface area contributed by atoms with Crippen LogP contribution in [0.2, 0.25) is 0 Å². The molecule has 0 saturated heterocycles. The van der Waals surface area contributed by atoms with Crippen molar-refractivity contribution in [3.8, 4) is 0 Å². The Morgan fingerprint density at radius 3 is 2.45 bits per heavy atom. The first-order chi connectivity index (χ1) is 15.3. The summed E-state index contributed by atoms with van der Waals surface area (Å²) in [6, 6.07) is 25.8. The van der Waals surface area contributed by atoms with E-state index in [4.69, 9.17) is 4.98 Å². The van der Waals surface area contributed by atoms with Gasteiger partial charge in [0.2, 0.25) is 0 Å². The van der Waals surface area contributed by atoms with E-state index in [1.165, 1.54) is 29.5 Å². The van der Waals surface area contributed by atoms with Gasteiger partial charge in [-0.2, -0.15) is 0 Å². The van der Waals surface area contributed by atoms with Gasteiger partial charge in [0.25, 0.3) is 0 Å². The summed E-state index contributed by atoms with van der Waals surface area (Å²) in [5.74, 6) is 0. The highest BCUT2D eigenvalue weighted by Crippen LogP contribution is 2.36. The van der Waals surface area contributed by atoms with Crippen LogP contribution in [-0.2, 0) is 25.0 Å². The smallest absolute Gasteiger partial charge is 0.0956 e. The number of pyridine rings is 1. The van der Waals surface area contributed by atoms with E-state index in [9.17, 15) is 0 Å². The Morgan fingerprint density at radius 2 is 1.71 bits per heavy atom. The van der Waals surface area contributed by atoms with Gasteiger partial charge in [0.1, 0.15) is 0 Å². The number of imidazole rings is 1. The van der Waals surface area contributed by atoms with Crippen LogP contribution in [0.1, 0.15) is 42.1 Å². The Morgan fingerprint density at radius 1 is 0.903 bits per heavy atom. The maximum absolute atomic E-state index is 4.69. The molecule has 0 saturated carbocycles. The first kappa shape index (κ1) is 21.0. The Kier molecular flexibility index (Phi) is 6.90. The van der Waals surface area contributed by atoms with E-state index in [1.807, 2.05) is 31.0 Å². The van der Waals surface area contributed by atoms with Crippen molar-refractivity contribution >= 4 is 0 Å². The van der Waals surface area contributed by atoms with Crippen molar-refractivity contribution in [1.29, 1.82) is 0 Å². The highest BCUT2D eigenvalue weighted by atomic mass is 15.2. The van der Waals surface area contributed by atoms with E-state index in [1.54, 1.807) is 0 Å². The normalized spacial score (nSPS) is 13.1. The average Bonchev–Trinajstić information content (AvgIpc) is 3.36. The van der Waals surface area contributed by atoms with Crippen LogP contribution in [0.3, 0.4) is 0 Å². The molecule has 1 unspecified atom stereocenters. The van der Waals surface area contributed by atoms with Gasteiger partial charge in [-0.15, -0.1) is 0 Å². The maximum Gasteiger partial charge on any atom is 0.0956 e. The first-order valence-corrected chi connectivity index (χ1v) is 11.1. The number of hydrogen-bond acceptors (Lipinski definition) is 3. The third kappa shape index (κ3) is 4.92. The number of benzene rings is 2. The molecule has 2 aromatic heterocycles. The molecule has 0 aliphatic heterocycles. The van der Waals surface area contributed by atoms with Crippen molar-refractivity contribution in [3.05, 3.63) is 120 Å². The number of aryl methyl sites for hydroxylation is 1. The Labute approximate surface area is 185 Å². The zero-order valence-corrected chi connectivity index (χ0v) is 18.1. The number of rotatable bonds is 10. The van der Waals surface area contributed by atoms with Gasteiger partial charge in [0, 0.05) is 30.7 Å². The zero-order valence-electron chi connectivity index (χ0n) is 18.1. The molecule has 1 N–H and O–H groups in total. The summed E-state index contributed by atoms with van der Waals surface area (Å²) < 4.78 is 2.07. The monoisotopic (exact) mass is 410 g/mol. The van der Waals surface area contributed by atoms with E-state index < -0.39 is 5.54 Å². The molecule has 0 fully saturated rings. The molecule has 0 amide bonds. The van der Waals surface area contributed by atoms with Crippen molar-refractivity contribution in [2.45, 2.75) is 44.8 Å². The van der Waals surface area contributed by atoms with Gasteiger partial charge in [-0.25, -0.2) is 4.98 Å². The molecule has 0 radical (unpaired) electrons. The van der Waals surface area contributed by atoms with E-state index in [0.29, 0.717) is 6.67 Å². The first-order valence-electron chi connectivity index (χ1n) is 11.1. The molecule has 0 aliphatic rings. The molecule has 0 spiro atoms. The third-order valence-corrected chi connectivity index (χ3v) is 5.84. The second-order valence-corrected chi connectivity index (χ2v) is 7.94. The third-order valence-electron chi connectivity index (χ3n) is 5.84. The van der Waals surface area contributed by atoms with Crippen LogP contribution in [0.15, 0.2) is 97.7 Å². The summed E-state index contributed by atoms with van der Waals surface area (Å²) in [4.78, 5) is 8.91. The van der Waals surface area contributed by atoms with Gasteiger partial charge in [-0.3, -0.25) is 10.3 Å². The van der Waals surface area contributed by atoms with Crippen LogP contribution in [0.5, 0.6) is 0 Å². The zero-order chi connectivity index (χ0) is 21.4. The highest BCUT2D eigenvalue weighted by Gasteiger charge is 2.36. The van der Waals surface area contributed by atoms with Gasteiger partial charge >= 0.3 is 0 Å². The van der Waals surface area contributed by atoms with Crippen molar-refractivity contribution in [1.82, 2.24) is 19.9 Å². The van der Waals surface area contributed by atoms with Gasteiger partial charge in [-0.1, -0.05) is 74.0 Å². The average molecular weight is 411 g/mol. The number of aromatic nitrogens is 3. The maximum atomic E-state index is 4.69. The number of unbranched alkanes of at least 4 members (excludes halogenated alkanes) is 1. The molecule has 158 valence electrons. The molecule has 0 bridgehead atoms. The summed E-state index contributed by atoms with van der Waals surface area (Å²) in [6.45, 7) is 2.90. The second-order valence-electron chi connectivity index (χ2n) is 7.94. The lowest BCUT2D eigenvalue weighted by molar-refractivity contribution is 0.350. The summed E-state index contributed by atoms with van der Waals surface area (Å²) in [5, 5.41) is 3.92. The number of nitrogens with zero attached hydrogens (tertiary/aromatic N) is 3. The molecule has 0 aliphatic carbocycles. The molecule has 4 rings (SSSR count). The molecular formula is C27H30N4. The van der Waals surface area contributed by atoms with Crippen molar-refractivity contribution in [2.75, 3.05) is 0 Å². The quantitative estimate of drug-likeness (QED) is 0.383. The van der Waals surface area contributed by atoms with Gasteiger partial charge in [0.05, 0.1) is 18.5 Å². The molecule has 2 aromatic carbocycles. The van der Waals surface area contributed by atoms with Crippen LogP contribution >= 0.6 is 0 Å². The Hall–Kier alpha value is -3.24. The van der Waals surface area contributed by atoms with Crippen LogP contribution in [-0.4, -0.2) is 14.5 Å². The van der Waals surface area contributed by atoms with Crippen LogP contribution < -0.4 is 5.32 Å². The van der Waals surface area contributed by atoms with Gasteiger partial charge in [0.15, 0.2) is 0 Å². The minimum Gasteiger partial charge on any atom is -0.324 e. The van der Waals surface area contributed by atoms with Crippen LogP contribution in [0, 0.1) is 0 Å². The van der Waals surface area contributed by atoms with Gasteiger partial charge < -0.3 is 4.57 Å². The van der Waals surface area contributed by atoms with E-state index in [-0.39, 0.29) is 0 Å². The van der Waals surface area contributed by atoms with Gasteiger partial charge in [-0.05, 0) is 41.7 Å². The fraction of sp³-hybridized carbons (Fsp3) is 0.259. The SMILES string of the molecule is CCCCc1ccccc1C(Cc1ccccn1)(NCn1ccnc1)c1ccccc1. The van der Waals surface area contributed by atoms with Crippen molar-refractivity contribution in [2.24, 2.45) is 0 Å². The Bertz CT molecular complexity index is 1050. The lowest BCUT2D eigenvalue weighted by Crippen LogP contribution is -2.47. The molecular weight excluding hydrogens is 380 g/mol. The lowest BCUT2D eigenvalue weighted by Gasteiger charge is -2.38. The second kappa shape index (κ2) is 10.2.